The van der Waals surface area contributed by atoms with Gasteiger partial charge in [-0.1, -0.05) is 6.92 Å². The second-order valence-electron chi connectivity index (χ2n) is 5.90. The van der Waals surface area contributed by atoms with Crippen LogP contribution in [-0.2, 0) is 11.2 Å². The minimum Gasteiger partial charge on any atom is -0.379 e. The molecule has 0 fully saturated rings. The predicted octanol–water partition coefficient (Wildman–Crippen LogP) is 2.80. The van der Waals surface area contributed by atoms with E-state index in [0.29, 0.717) is 12.1 Å². The summed E-state index contributed by atoms with van der Waals surface area (Å²) in [4.78, 5) is 0. The third-order valence-electron chi connectivity index (χ3n) is 3.86. The van der Waals surface area contributed by atoms with Gasteiger partial charge < -0.3 is 10.1 Å². The molecule has 1 rings (SSSR count). The van der Waals surface area contributed by atoms with Crippen molar-refractivity contribution in [3.63, 3.8) is 0 Å². The van der Waals surface area contributed by atoms with E-state index < -0.39 is 0 Å². The zero-order chi connectivity index (χ0) is 14.5. The maximum Gasteiger partial charge on any atom is 0.0640 e. The first-order valence-electron chi connectivity index (χ1n) is 7.18. The van der Waals surface area contributed by atoms with Gasteiger partial charge in [-0.2, -0.15) is 5.10 Å². The smallest absolute Gasteiger partial charge is 0.0640 e. The van der Waals surface area contributed by atoms with Gasteiger partial charge in [-0.15, -0.1) is 0 Å². The van der Waals surface area contributed by atoms with E-state index >= 15 is 0 Å². The molecule has 0 aliphatic carbocycles. The van der Waals surface area contributed by atoms with Gasteiger partial charge in [0.25, 0.3) is 0 Å². The molecule has 0 aromatic carbocycles. The van der Waals surface area contributed by atoms with E-state index in [-0.39, 0.29) is 5.60 Å². The Kier molecular flexibility index (Phi) is 6.01. The fraction of sp³-hybridized carbons (Fsp3) is 0.800. The summed E-state index contributed by atoms with van der Waals surface area (Å²) >= 11 is 0. The van der Waals surface area contributed by atoms with Crippen molar-refractivity contribution in [3.8, 4) is 0 Å². The molecule has 4 heteroatoms. The Hall–Kier alpha value is -0.870. The SMILES string of the molecule is CCC(C)n1ccc(CC(CC(C)(C)OC)NC)n1. The normalized spacial score (nSPS) is 15.5. The molecule has 4 nitrogen and oxygen atoms in total. The molecule has 0 bridgehead atoms. The molecule has 2 atom stereocenters. The summed E-state index contributed by atoms with van der Waals surface area (Å²) in [5, 5.41) is 8.02. The maximum atomic E-state index is 5.50. The number of likely N-dealkylation sites (N-methyl/N-ethyl adjacent to an activating group) is 1. The van der Waals surface area contributed by atoms with Crippen molar-refractivity contribution in [1.82, 2.24) is 15.1 Å². The summed E-state index contributed by atoms with van der Waals surface area (Å²) in [6.45, 7) is 8.62. The van der Waals surface area contributed by atoms with Crippen molar-refractivity contribution < 1.29 is 4.74 Å². The van der Waals surface area contributed by atoms with Gasteiger partial charge in [0, 0.05) is 31.8 Å². The molecule has 2 unspecified atom stereocenters. The highest BCUT2D eigenvalue weighted by Crippen LogP contribution is 2.18. The molecule has 1 aromatic rings. The lowest BCUT2D eigenvalue weighted by molar-refractivity contribution is 0.00765. The van der Waals surface area contributed by atoms with E-state index in [1.54, 1.807) is 7.11 Å². The van der Waals surface area contributed by atoms with E-state index in [1.807, 2.05) is 7.05 Å². The van der Waals surface area contributed by atoms with Crippen LogP contribution in [0.3, 0.4) is 0 Å². The summed E-state index contributed by atoms with van der Waals surface area (Å²) in [7, 11) is 3.77. The Morgan fingerprint density at radius 3 is 2.68 bits per heavy atom. The lowest BCUT2D eigenvalue weighted by Crippen LogP contribution is -2.37. The topological polar surface area (TPSA) is 39.1 Å². The van der Waals surface area contributed by atoms with Crippen LogP contribution in [0.15, 0.2) is 12.3 Å². The lowest BCUT2D eigenvalue weighted by Gasteiger charge is -2.28. The Labute approximate surface area is 117 Å². The average Bonchev–Trinajstić information content (AvgIpc) is 2.85. The standard InChI is InChI=1S/C15H29N3O/c1-7-12(2)18-9-8-13(17-18)10-14(16-5)11-15(3,4)19-6/h8-9,12,14,16H,7,10-11H2,1-6H3. The number of nitrogens with one attached hydrogen (secondary N) is 1. The zero-order valence-electron chi connectivity index (χ0n) is 13.2. The third-order valence-corrected chi connectivity index (χ3v) is 3.86. The van der Waals surface area contributed by atoms with Crippen molar-refractivity contribution in [2.45, 2.75) is 64.6 Å². The molecule has 0 aliphatic rings. The second kappa shape index (κ2) is 7.06. The average molecular weight is 267 g/mol. The molecule has 0 spiro atoms. The van der Waals surface area contributed by atoms with Crippen LogP contribution in [0.5, 0.6) is 0 Å². The highest BCUT2D eigenvalue weighted by Gasteiger charge is 2.22. The van der Waals surface area contributed by atoms with Gasteiger partial charge in [-0.3, -0.25) is 4.68 Å². The molecule has 19 heavy (non-hydrogen) atoms. The van der Waals surface area contributed by atoms with Crippen LogP contribution < -0.4 is 5.32 Å². The van der Waals surface area contributed by atoms with Crippen molar-refractivity contribution in [2.75, 3.05) is 14.2 Å². The minimum absolute atomic E-state index is 0.104. The van der Waals surface area contributed by atoms with E-state index in [9.17, 15) is 0 Å². The summed E-state index contributed by atoms with van der Waals surface area (Å²) in [6, 6.07) is 2.98. The number of hydrogen-bond donors (Lipinski definition) is 1. The largest absolute Gasteiger partial charge is 0.379 e. The molecule has 1 N–H and O–H groups in total. The molecule has 0 radical (unpaired) electrons. The van der Waals surface area contributed by atoms with Crippen molar-refractivity contribution in [3.05, 3.63) is 18.0 Å². The fourth-order valence-corrected chi connectivity index (χ4v) is 2.12. The number of nitrogens with zero attached hydrogens (tertiary/aromatic N) is 2. The molecule has 0 saturated heterocycles. The Bertz CT molecular complexity index is 373. The van der Waals surface area contributed by atoms with Crippen LogP contribution in [0.2, 0.25) is 0 Å². The van der Waals surface area contributed by atoms with Crippen LogP contribution in [-0.4, -0.2) is 35.6 Å². The highest BCUT2D eigenvalue weighted by atomic mass is 16.5. The van der Waals surface area contributed by atoms with Gasteiger partial charge in [-0.05, 0) is 46.7 Å². The number of rotatable bonds is 8. The van der Waals surface area contributed by atoms with Crippen LogP contribution in [0.25, 0.3) is 0 Å². The lowest BCUT2D eigenvalue weighted by atomic mass is 9.96. The van der Waals surface area contributed by atoms with E-state index in [1.165, 1.54) is 0 Å². The molecule has 1 heterocycles. The number of ether oxygens (including phenoxy) is 1. The maximum absolute atomic E-state index is 5.50. The Balaban J connectivity index is 2.63. The van der Waals surface area contributed by atoms with E-state index in [4.69, 9.17) is 4.74 Å². The predicted molar refractivity (Wildman–Crippen MR) is 79.5 cm³/mol. The van der Waals surface area contributed by atoms with Crippen molar-refractivity contribution in [2.24, 2.45) is 0 Å². The summed E-state index contributed by atoms with van der Waals surface area (Å²) in [5.74, 6) is 0. The third kappa shape index (κ3) is 4.96. The summed E-state index contributed by atoms with van der Waals surface area (Å²) in [5.41, 5.74) is 1.04. The van der Waals surface area contributed by atoms with Gasteiger partial charge in [0.15, 0.2) is 0 Å². The van der Waals surface area contributed by atoms with Gasteiger partial charge in [0.1, 0.15) is 0 Å². The summed E-state index contributed by atoms with van der Waals surface area (Å²) in [6.07, 6.45) is 5.09. The monoisotopic (exact) mass is 267 g/mol. The second-order valence-corrected chi connectivity index (χ2v) is 5.90. The number of hydrogen-bond acceptors (Lipinski definition) is 3. The number of methoxy groups -OCH3 is 1. The first-order valence-corrected chi connectivity index (χ1v) is 7.18. The van der Waals surface area contributed by atoms with Gasteiger partial charge in [0.05, 0.1) is 11.3 Å². The van der Waals surface area contributed by atoms with Crippen LogP contribution in [0, 0.1) is 0 Å². The van der Waals surface area contributed by atoms with Gasteiger partial charge in [0.2, 0.25) is 0 Å². The summed E-state index contributed by atoms with van der Waals surface area (Å²) < 4.78 is 7.56. The number of aromatic nitrogens is 2. The van der Waals surface area contributed by atoms with Crippen LogP contribution >= 0.6 is 0 Å². The first kappa shape index (κ1) is 16.2. The molecule has 0 amide bonds. The first-order chi connectivity index (χ1) is 8.91. The van der Waals surface area contributed by atoms with Crippen molar-refractivity contribution >= 4 is 0 Å². The van der Waals surface area contributed by atoms with E-state index in [2.05, 4.69) is 55.1 Å². The van der Waals surface area contributed by atoms with Gasteiger partial charge >= 0.3 is 0 Å². The minimum atomic E-state index is -0.104. The van der Waals surface area contributed by atoms with E-state index in [0.717, 1.165) is 25.0 Å². The van der Waals surface area contributed by atoms with Gasteiger partial charge in [-0.25, -0.2) is 0 Å². The fourth-order valence-electron chi connectivity index (χ4n) is 2.12. The highest BCUT2D eigenvalue weighted by molar-refractivity contribution is 5.02. The molecule has 1 aromatic heterocycles. The Morgan fingerprint density at radius 2 is 2.16 bits per heavy atom. The van der Waals surface area contributed by atoms with Crippen LogP contribution in [0.1, 0.15) is 52.3 Å². The zero-order valence-corrected chi connectivity index (χ0v) is 13.2. The van der Waals surface area contributed by atoms with Crippen LogP contribution in [0.4, 0.5) is 0 Å². The molecule has 0 aliphatic heterocycles. The van der Waals surface area contributed by atoms with Crippen molar-refractivity contribution in [1.29, 1.82) is 0 Å². The molecule has 110 valence electrons. The molecular weight excluding hydrogens is 238 g/mol. The Morgan fingerprint density at radius 1 is 1.47 bits per heavy atom. The molecule has 0 saturated carbocycles. The quantitative estimate of drug-likeness (QED) is 0.787. The molecular formula is C15H29N3O.